The first-order chi connectivity index (χ1) is 11.2. The molecule has 120 valence electrons. The van der Waals surface area contributed by atoms with E-state index in [4.69, 9.17) is 4.98 Å². The number of hydrogen-bond acceptors (Lipinski definition) is 6. The number of piperidine rings is 1. The van der Waals surface area contributed by atoms with E-state index in [-0.39, 0.29) is 12.0 Å². The third-order valence-corrected chi connectivity index (χ3v) is 4.75. The molecule has 2 atom stereocenters. The second-order valence-corrected chi connectivity index (χ2v) is 6.61. The molecule has 1 N–H and O–H groups in total. The van der Waals surface area contributed by atoms with Crippen LogP contribution in [0.3, 0.4) is 0 Å². The minimum Gasteiger partial charge on any atom is -0.393 e. The van der Waals surface area contributed by atoms with Gasteiger partial charge in [-0.3, -0.25) is 9.97 Å². The average Bonchev–Trinajstić information content (AvgIpc) is 3.43. The molecule has 1 saturated heterocycles. The Balaban J connectivity index is 1.67. The topological polar surface area (TPSA) is 75.0 Å². The summed E-state index contributed by atoms with van der Waals surface area (Å²) < 4.78 is 0. The molecule has 2 aromatic heterocycles. The molecule has 2 aliphatic rings. The second-order valence-electron chi connectivity index (χ2n) is 6.61. The Hall–Kier alpha value is -2.08. The van der Waals surface area contributed by atoms with Crippen LogP contribution >= 0.6 is 0 Å². The summed E-state index contributed by atoms with van der Waals surface area (Å²) in [5.74, 6) is 1.54. The summed E-state index contributed by atoms with van der Waals surface area (Å²) in [6.45, 7) is 3.68. The van der Waals surface area contributed by atoms with Gasteiger partial charge >= 0.3 is 0 Å². The number of aliphatic hydroxyl groups is 1. The molecule has 23 heavy (non-hydrogen) atoms. The lowest BCUT2D eigenvalue weighted by Gasteiger charge is -2.34. The molecule has 6 nitrogen and oxygen atoms in total. The van der Waals surface area contributed by atoms with E-state index in [1.807, 2.05) is 6.20 Å². The Labute approximate surface area is 135 Å². The van der Waals surface area contributed by atoms with E-state index in [1.54, 1.807) is 18.6 Å². The average molecular weight is 311 g/mol. The number of aliphatic hydroxyl groups excluding tert-OH is 1. The first-order valence-electron chi connectivity index (χ1n) is 8.28. The molecule has 0 radical (unpaired) electrons. The van der Waals surface area contributed by atoms with Crippen molar-refractivity contribution < 1.29 is 5.11 Å². The first kappa shape index (κ1) is 14.5. The number of rotatable bonds is 3. The maximum Gasteiger partial charge on any atom is 0.225 e. The second kappa shape index (κ2) is 5.85. The number of hydrogen-bond donors (Lipinski definition) is 1. The molecule has 6 heteroatoms. The summed E-state index contributed by atoms with van der Waals surface area (Å²) in [7, 11) is 0. The Kier molecular flexibility index (Phi) is 3.69. The molecular formula is C17H21N5O. The summed E-state index contributed by atoms with van der Waals surface area (Å²) in [6, 6.07) is 0. The monoisotopic (exact) mass is 311 g/mol. The highest BCUT2D eigenvalue weighted by Gasteiger charge is 2.31. The highest BCUT2D eigenvalue weighted by Crippen LogP contribution is 2.43. The van der Waals surface area contributed by atoms with E-state index in [0.29, 0.717) is 5.92 Å². The zero-order chi connectivity index (χ0) is 15.8. The minimum absolute atomic E-state index is 0.215. The number of anilines is 1. The molecule has 3 heterocycles. The molecule has 1 aliphatic carbocycles. The van der Waals surface area contributed by atoms with Gasteiger partial charge in [0.2, 0.25) is 5.95 Å². The molecule has 4 rings (SSSR count). The van der Waals surface area contributed by atoms with Crippen LogP contribution in [0.5, 0.6) is 0 Å². The van der Waals surface area contributed by atoms with E-state index in [1.165, 1.54) is 12.8 Å². The molecule has 1 saturated carbocycles. The number of nitrogens with zero attached hydrogens (tertiary/aromatic N) is 5. The van der Waals surface area contributed by atoms with Crippen LogP contribution in [0.25, 0.3) is 11.3 Å². The van der Waals surface area contributed by atoms with Crippen molar-refractivity contribution in [2.45, 2.75) is 38.2 Å². The van der Waals surface area contributed by atoms with E-state index >= 15 is 0 Å². The fourth-order valence-electron chi connectivity index (χ4n) is 3.16. The van der Waals surface area contributed by atoms with Crippen molar-refractivity contribution in [2.24, 2.45) is 5.92 Å². The highest BCUT2D eigenvalue weighted by atomic mass is 16.3. The molecule has 2 fully saturated rings. The van der Waals surface area contributed by atoms with Crippen LogP contribution in [-0.4, -0.2) is 44.2 Å². The molecule has 0 amide bonds. The standard InChI is InChI=1S/C17H21N5O/c1-11-10-22(7-4-15(11)23)17-20-8-13(14-9-18-5-6-19-14)16(21-17)12-2-3-12/h5-6,8-9,11-12,15,23H,2-4,7,10H2,1H3/t11-,15-/m1/s1. The van der Waals surface area contributed by atoms with Gasteiger partial charge in [-0.05, 0) is 25.2 Å². The fourth-order valence-corrected chi connectivity index (χ4v) is 3.16. The molecule has 2 aromatic rings. The molecule has 0 unspecified atom stereocenters. The van der Waals surface area contributed by atoms with Crippen LogP contribution in [0.2, 0.25) is 0 Å². The smallest absolute Gasteiger partial charge is 0.225 e. The van der Waals surface area contributed by atoms with E-state index < -0.39 is 0 Å². The van der Waals surface area contributed by atoms with Gasteiger partial charge in [0, 0.05) is 43.2 Å². The van der Waals surface area contributed by atoms with Gasteiger partial charge in [-0.2, -0.15) is 0 Å². The maximum atomic E-state index is 9.91. The largest absolute Gasteiger partial charge is 0.393 e. The Morgan fingerprint density at radius 2 is 2.00 bits per heavy atom. The summed E-state index contributed by atoms with van der Waals surface area (Å²) in [4.78, 5) is 20.2. The van der Waals surface area contributed by atoms with Gasteiger partial charge in [-0.25, -0.2) is 9.97 Å². The third-order valence-electron chi connectivity index (χ3n) is 4.75. The normalized spacial score (nSPS) is 24.7. The van der Waals surface area contributed by atoms with Gasteiger partial charge in [0.15, 0.2) is 0 Å². The van der Waals surface area contributed by atoms with E-state index in [2.05, 4.69) is 26.8 Å². The maximum absolute atomic E-state index is 9.91. The van der Waals surface area contributed by atoms with Crippen molar-refractivity contribution in [1.82, 2.24) is 19.9 Å². The van der Waals surface area contributed by atoms with Crippen molar-refractivity contribution in [1.29, 1.82) is 0 Å². The predicted octanol–water partition coefficient (Wildman–Crippen LogP) is 2.02. The quantitative estimate of drug-likeness (QED) is 0.934. The van der Waals surface area contributed by atoms with Crippen molar-refractivity contribution in [3.05, 3.63) is 30.5 Å². The fraction of sp³-hybridized carbons (Fsp3) is 0.529. The van der Waals surface area contributed by atoms with Crippen LogP contribution in [0, 0.1) is 5.92 Å². The first-order valence-corrected chi connectivity index (χ1v) is 8.28. The summed E-state index contributed by atoms with van der Waals surface area (Å²) in [5.41, 5.74) is 2.92. The van der Waals surface area contributed by atoms with Crippen LogP contribution in [-0.2, 0) is 0 Å². The van der Waals surface area contributed by atoms with Gasteiger partial charge in [0.25, 0.3) is 0 Å². The summed E-state index contributed by atoms with van der Waals surface area (Å²) in [6.07, 6.45) is 9.95. The van der Waals surface area contributed by atoms with E-state index in [9.17, 15) is 5.11 Å². The van der Waals surface area contributed by atoms with Crippen molar-refractivity contribution in [2.75, 3.05) is 18.0 Å². The third kappa shape index (κ3) is 2.91. The Morgan fingerprint density at radius 3 is 2.70 bits per heavy atom. The molecule has 0 spiro atoms. The Bertz CT molecular complexity index is 689. The molecular weight excluding hydrogens is 290 g/mol. The lowest BCUT2D eigenvalue weighted by molar-refractivity contribution is 0.0966. The van der Waals surface area contributed by atoms with Crippen LogP contribution in [0.15, 0.2) is 24.8 Å². The van der Waals surface area contributed by atoms with Gasteiger partial charge < -0.3 is 10.0 Å². The summed E-state index contributed by atoms with van der Waals surface area (Å²) >= 11 is 0. The minimum atomic E-state index is -0.215. The van der Waals surface area contributed by atoms with Crippen molar-refractivity contribution in [3.63, 3.8) is 0 Å². The lowest BCUT2D eigenvalue weighted by atomic mass is 9.97. The van der Waals surface area contributed by atoms with Gasteiger partial charge in [-0.15, -0.1) is 0 Å². The molecule has 1 aliphatic heterocycles. The predicted molar refractivity (Wildman–Crippen MR) is 87.0 cm³/mol. The van der Waals surface area contributed by atoms with Gasteiger partial charge in [-0.1, -0.05) is 6.92 Å². The zero-order valence-electron chi connectivity index (χ0n) is 13.3. The lowest BCUT2D eigenvalue weighted by Crippen LogP contribution is -2.42. The zero-order valence-corrected chi connectivity index (χ0v) is 13.3. The molecule has 0 aromatic carbocycles. The SMILES string of the molecule is C[C@@H]1CN(c2ncc(-c3cnccn3)c(C3CC3)n2)CC[C@H]1O. The Morgan fingerprint density at radius 1 is 1.13 bits per heavy atom. The van der Waals surface area contributed by atoms with Crippen LogP contribution in [0.1, 0.15) is 37.8 Å². The van der Waals surface area contributed by atoms with Crippen molar-refractivity contribution in [3.8, 4) is 11.3 Å². The van der Waals surface area contributed by atoms with Gasteiger partial charge in [0.05, 0.1) is 23.7 Å². The number of aromatic nitrogens is 4. The van der Waals surface area contributed by atoms with Gasteiger partial charge in [0.1, 0.15) is 0 Å². The summed E-state index contributed by atoms with van der Waals surface area (Å²) in [5, 5.41) is 9.91. The molecule has 0 bridgehead atoms. The van der Waals surface area contributed by atoms with Crippen LogP contribution in [0.4, 0.5) is 5.95 Å². The van der Waals surface area contributed by atoms with E-state index in [0.717, 1.165) is 42.4 Å². The van der Waals surface area contributed by atoms with Crippen molar-refractivity contribution >= 4 is 5.95 Å². The highest BCUT2D eigenvalue weighted by molar-refractivity contribution is 5.62. The van der Waals surface area contributed by atoms with Crippen LogP contribution < -0.4 is 4.90 Å².